The van der Waals surface area contributed by atoms with Gasteiger partial charge in [-0.05, 0) is 84.0 Å². The van der Waals surface area contributed by atoms with E-state index in [2.05, 4.69) is 12.1 Å². The lowest BCUT2D eigenvalue weighted by Crippen LogP contribution is -2.26. The van der Waals surface area contributed by atoms with Crippen LogP contribution in [-0.2, 0) is 12.8 Å². The van der Waals surface area contributed by atoms with Crippen LogP contribution < -0.4 is 0 Å². The third-order valence-electron chi connectivity index (χ3n) is 6.02. The van der Waals surface area contributed by atoms with Gasteiger partial charge in [-0.25, -0.2) is 0 Å². The molecular formula is C20H20O2. The predicted octanol–water partition coefficient (Wildman–Crippen LogP) is 4.35. The molecule has 2 unspecified atom stereocenters. The highest BCUT2D eigenvalue weighted by Crippen LogP contribution is 2.55. The fourth-order valence-electron chi connectivity index (χ4n) is 5.18. The third kappa shape index (κ3) is 1.45. The maximum Gasteiger partial charge on any atom is 0.119 e. The second-order valence-corrected chi connectivity index (χ2v) is 7.02. The molecular weight excluding hydrogens is 272 g/mol. The SMILES string of the molecule is Oc1ccc2c3c1CCCC3c1ccc(O)c3c1C2CCC3. The number of rotatable bonds is 0. The molecule has 2 aromatic carbocycles. The molecule has 5 rings (SSSR count). The molecule has 0 radical (unpaired) electrons. The van der Waals surface area contributed by atoms with Crippen LogP contribution in [0.3, 0.4) is 0 Å². The standard InChI is InChI=1S/C20H20O2/c21-17-9-8-14-12-4-2-6-16-18(22)10-7-13(20(12)16)11-3-1-5-15(17)19(11)14/h7-12,21-22H,1-6H2. The molecule has 0 bridgehead atoms. The molecule has 0 fully saturated rings. The van der Waals surface area contributed by atoms with Gasteiger partial charge in [0, 0.05) is 11.8 Å². The van der Waals surface area contributed by atoms with Crippen LogP contribution in [0.1, 0.15) is 70.9 Å². The van der Waals surface area contributed by atoms with E-state index >= 15 is 0 Å². The summed E-state index contributed by atoms with van der Waals surface area (Å²) in [6, 6.07) is 8.05. The van der Waals surface area contributed by atoms with Crippen molar-refractivity contribution < 1.29 is 10.2 Å². The van der Waals surface area contributed by atoms with Gasteiger partial charge in [-0.3, -0.25) is 0 Å². The third-order valence-corrected chi connectivity index (χ3v) is 6.02. The van der Waals surface area contributed by atoms with Crippen LogP contribution in [0.5, 0.6) is 11.5 Å². The van der Waals surface area contributed by atoms with Crippen LogP contribution in [0.25, 0.3) is 0 Å². The van der Waals surface area contributed by atoms with Gasteiger partial charge in [0.25, 0.3) is 0 Å². The number of hydrogen-bond donors (Lipinski definition) is 2. The van der Waals surface area contributed by atoms with E-state index in [0.29, 0.717) is 23.3 Å². The van der Waals surface area contributed by atoms with Gasteiger partial charge in [-0.15, -0.1) is 0 Å². The minimum absolute atomic E-state index is 0.412. The molecule has 112 valence electrons. The van der Waals surface area contributed by atoms with E-state index in [1.54, 1.807) is 0 Å². The average Bonchev–Trinajstić information content (AvgIpc) is 2.55. The van der Waals surface area contributed by atoms with Crippen molar-refractivity contribution >= 4 is 0 Å². The summed E-state index contributed by atoms with van der Waals surface area (Å²) in [5.74, 6) is 1.77. The molecule has 0 amide bonds. The quantitative estimate of drug-likeness (QED) is 0.758. The fourth-order valence-corrected chi connectivity index (χ4v) is 5.18. The van der Waals surface area contributed by atoms with Gasteiger partial charge in [0.05, 0.1) is 0 Å². The van der Waals surface area contributed by atoms with Crippen LogP contribution in [0.15, 0.2) is 24.3 Å². The van der Waals surface area contributed by atoms with E-state index in [4.69, 9.17) is 0 Å². The lowest BCUT2D eigenvalue weighted by Gasteiger charge is -2.41. The molecule has 0 spiro atoms. The van der Waals surface area contributed by atoms with Crippen molar-refractivity contribution in [2.75, 3.05) is 0 Å². The minimum Gasteiger partial charge on any atom is -0.508 e. The van der Waals surface area contributed by atoms with Crippen LogP contribution in [0.4, 0.5) is 0 Å². The zero-order chi connectivity index (χ0) is 14.8. The maximum atomic E-state index is 10.3. The molecule has 2 heteroatoms. The second-order valence-electron chi connectivity index (χ2n) is 7.02. The zero-order valence-corrected chi connectivity index (χ0v) is 12.6. The van der Waals surface area contributed by atoms with Gasteiger partial charge in [-0.2, -0.15) is 0 Å². The zero-order valence-electron chi connectivity index (χ0n) is 12.6. The number of fused-ring (bicyclic) bond motifs is 2. The summed E-state index contributed by atoms with van der Waals surface area (Å²) in [6.45, 7) is 0. The first-order chi connectivity index (χ1) is 10.8. The number of benzene rings is 2. The fraction of sp³-hybridized carbons (Fsp3) is 0.400. The topological polar surface area (TPSA) is 40.5 Å². The Balaban J connectivity index is 1.86. The van der Waals surface area contributed by atoms with E-state index in [1.165, 1.54) is 33.4 Å². The summed E-state index contributed by atoms with van der Waals surface area (Å²) in [5, 5.41) is 20.6. The van der Waals surface area contributed by atoms with E-state index in [-0.39, 0.29) is 0 Å². The minimum atomic E-state index is 0.412. The van der Waals surface area contributed by atoms with Crippen molar-refractivity contribution in [2.45, 2.75) is 50.4 Å². The summed E-state index contributed by atoms with van der Waals surface area (Å²) in [7, 11) is 0. The van der Waals surface area contributed by atoms with Crippen LogP contribution >= 0.6 is 0 Å². The van der Waals surface area contributed by atoms with Crippen molar-refractivity contribution in [1.82, 2.24) is 0 Å². The summed E-state index contributed by atoms with van der Waals surface area (Å²) in [4.78, 5) is 0. The lowest BCUT2D eigenvalue weighted by molar-refractivity contribution is 0.444. The van der Waals surface area contributed by atoms with Gasteiger partial charge >= 0.3 is 0 Å². The molecule has 0 aromatic heterocycles. The Bertz CT molecular complexity index is 723. The summed E-state index contributed by atoms with van der Waals surface area (Å²) in [5.41, 5.74) is 8.00. The molecule has 0 heterocycles. The van der Waals surface area contributed by atoms with Crippen LogP contribution in [0, 0.1) is 0 Å². The predicted molar refractivity (Wildman–Crippen MR) is 85.8 cm³/mol. The Morgan fingerprint density at radius 1 is 0.682 bits per heavy atom. The molecule has 0 saturated heterocycles. The van der Waals surface area contributed by atoms with Crippen molar-refractivity contribution in [1.29, 1.82) is 0 Å². The lowest BCUT2D eigenvalue weighted by atomic mass is 9.63. The first-order valence-electron chi connectivity index (χ1n) is 8.45. The Hall–Kier alpha value is -1.96. The molecule has 3 aliphatic carbocycles. The number of aromatic hydroxyl groups is 2. The normalized spacial score (nSPS) is 24.5. The van der Waals surface area contributed by atoms with E-state index in [1.807, 2.05) is 12.1 Å². The summed E-state index contributed by atoms with van der Waals surface area (Å²) < 4.78 is 0. The molecule has 2 atom stereocenters. The summed E-state index contributed by atoms with van der Waals surface area (Å²) in [6.07, 6.45) is 6.59. The van der Waals surface area contributed by atoms with Crippen molar-refractivity contribution in [2.24, 2.45) is 0 Å². The van der Waals surface area contributed by atoms with Crippen LogP contribution in [0.2, 0.25) is 0 Å². The van der Waals surface area contributed by atoms with Gasteiger partial charge in [-0.1, -0.05) is 12.1 Å². The first-order valence-corrected chi connectivity index (χ1v) is 8.45. The monoisotopic (exact) mass is 292 g/mol. The van der Waals surface area contributed by atoms with Gasteiger partial charge in [0.1, 0.15) is 11.5 Å². The molecule has 2 N–H and O–H groups in total. The maximum absolute atomic E-state index is 10.3. The average molecular weight is 292 g/mol. The Morgan fingerprint density at radius 2 is 1.14 bits per heavy atom. The Kier molecular flexibility index (Phi) is 2.45. The number of phenolic OH excluding ortho intramolecular Hbond substituents is 2. The highest BCUT2D eigenvalue weighted by atomic mass is 16.3. The molecule has 3 aliphatic rings. The van der Waals surface area contributed by atoms with Crippen molar-refractivity contribution in [3.8, 4) is 11.5 Å². The largest absolute Gasteiger partial charge is 0.508 e. The summed E-state index contributed by atoms with van der Waals surface area (Å²) >= 11 is 0. The van der Waals surface area contributed by atoms with E-state index in [0.717, 1.165) is 38.5 Å². The molecule has 2 nitrogen and oxygen atoms in total. The second kappa shape index (κ2) is 4.28. The first kappa shape index (κ1) is 12.6. The van der Waals surface area contributed by atoms with Gasteiger partial charge < -0.3 is 10.2 Å². The molecule has 0 aliphatic heterocycles. The number of hydrogen-bond acceptors (Lipinski definition) is 2. The highest BCUT2D eigenvalue weighted by molar-refractivity contribution is 5.63. The van der Waals surface area contributed by atoms with E-state index < -0.39 is 0 Å². The Morgan fingerprint density at radius 3 is 1.59 bits per heavy atom. The number of phenols is 2. The van der Waals surface area contributed by atoms with Crippen molar-refractivity contribution in [3.05, 3.63) is 57.6 Å². The van der Waals surface area contributed by atoms with Crippen LogP contribution in [-0.4, -0.2) is 10.2 Å². The van der Waals surface area contributed by atoms with Gasteiger partial charge in [0.2, 0.25) is 0 Å². The molecule has 22 heavy (non-hydrogen) atoms. The van der Waals surface area contributed by atoms with E-state index in [9.17, 15) is 10.2 Å². The molecule has 2 aromatic rings. The smallest absolute Gasteiger partial charge is 0.119 e. The molecule has 0 saturated carbocycles. The van der Waals surface area contributed by atoms with Crippen molar-refractivity contribution in [3.63, 3.8) is 0 Å². The highest BCUT2D eigenvalue weighted by Gasteiger charge is 2.39. The Labute approximate surface area is 130 Å². The van der Waals surface area contributed by atoms with Gasteiger partial charge in [0.15, 0.2) is 0 Å².